The van der Waals surface area contributed by atoms with Crippen molar-refractivity contribution in [2.24, 2.45) is 0 Å². The molecule has 1 N–H and O–H groups in total. The number of anilines is 1. The Labute approximate surface area is 153 Å². The van der Waals surface area contributed by atoms with Gasteiger partial charge < -0.3 is 14.7 Å². The molecule has 2 aromatic rings. The molecule has 0 spiro atoms. The highest BCUT2D eigenvalue weighted by atomic mass is 16.3. The lowest BCUT2D eigenvalue weighted by Crippen LogP contribution is -2.08. The van der Waals surface area contributed by atoms with Gasteiger partial charge in [-0.25, -0.2) is 0 Å². The van der Waals surface area contributed by atoms with E-state index in [2.05, 4.69) is 55.1 Å². The maximum Gasteiger partial charge on any atom is 0.137 e. The van der Waals surface area contributed by atoms with Crippen molar-refractivity contribution >= 4 is 16.7 Å². The first-order valence-corrected chi connectivity index (χ1v) is 8.73. The van der Waals surface area contributed by atoms with Gasteiger partial charge in [0.2, 0.25) is 0 Å². The van der Waals surface area contributed by atoms with E-state index in [1.165, 1.54) is 22.3 Å². The highest BCUT2D eigenvalue weighted by molar-refractivity contribution is 6.02. The molecule has 0 fully saturated rings. The molecule has 0 unspecified atom stereocenters. The van der Waals surface area contributed by atoms with Crippen molar-refractivity contribution in [2.45, 2.75) is 13.8 Å². The van der Waals surface area contributed by atoms with Gasteiger partial charge in [-0.1, -0.05) is 29.3 Å². The number of hydrogen-bond donors (Lipinski definition) is 1. The van der Waals surface area contributed by atoms with E-state index in [4.69, 9.17) is 9.83 Å². The maximum absolute atomic E-state index is 7.97. The van der Waals surface area contributed by atoms with Crippen LogP contribution in [0, 0.1) is 19.3 Å². The summed E-state index contributed by atoms with van der Waals surface area (Å²) in [5, 5.41) is 9.51. The van der Waals surface area contributed by atoms with Crippen LogP contribution in [0.3, 0.4) is 0 Å². The van der Waals surface area contributed by atoms with E-state index >= 15 is 0 Å². The summed E-state index contributed by atoms with van der Waals surface area (Å²) in [6.45, 7) is 4.25. The Morgan fingerprint density at radius 1 is 0.846 bits per heavy atom. The molecule has 0 amide bonds. The minimum absolute atomic E-state index is 0.454. The molecule has 0 bridgehead atoms. The molecule has 0 radical (unpaired) electrons. The molecular weight excluding hydrogens is 320 g/mol. The van der Waals surface area contributed by atoms with Crippen LogP contribution in [0.2, 0.25) is 0 Å². The zero-order valence-corrected chi connectivity index (χ0v) is 15.6. The van der Waals surface area contributed by atoms with Crippen LogP contribution in [0.1, 0.15) is 11.1 Å². The third-order valence-electron chi connectivity index (χ3n) is 4.73. The van der Waals surface area contributed by atoms with Gasteiger partial charge in [-0.3, -0.25) is 0 Å². The SMILES string of the molecule is Cc1cc(C)cc(-c2c3ccc(=N)cc-3oc3cc(N(C)C)ccc23)c1. The van der Waals surface area contributed by atoms with E-state index in [0.29, 0.717) is 5.36 Å². The van der Waals surface area contributed by atoms with E-state index in [1.807, 2.05) is 26.2 Å². The summed E-state index contributed by atoms with van der Waals surface area (Å²) in [5.74, 6) is 0.745. The number of benzene rings is 3. The molecule has 2 aromatic carbocycles. The van der Waals surface area contributed by atoms with Gasteiger partial charge in [-0.2, -0.15) is 0 Å². The van der Waals surface area contributed by atoms with E-state index in [0.717, 1.165) is 28.0 Å². The van der Waals surface area contributed by atoms with Gasteiger partial charge in [0.15, 0.2) is 0 Å². The maximum atomic E-state index is 7.97. The molecular formula is C23H22N2O. The normalized spacial score (nSPS) is 11.2. The molecule has 0 saturated heterocycles. The molecule has 0 aromatic heterocycles. The Kier molecular flexibility index (Phi) is 3.80. The second-order valence-electron chi connectivity index (χ2n) is 7.14. The Hall–Kier alpha value is -3.07. The number of rotatable bonds is 2. The van der Waals surface area contributed by atoms with Crippen molar-refractivity contribution < 1.29 is 4.42 Å². The van der Waals surface area contributed by atoms with Crippen LogP contribution in [0.5, 0.6) is 0 Å². The summed E-state index contributed by atoms with van der Waals surface area (Å²) in [5.41, 5.74) is 7.80. The van der Waals surface area contributed by atoms with Crippen molar-refractivity contribution in [1.29, 1.82) is 5.41 Å². The van der Waals surface area contributed by atoms with Crippen LogP contribution in [-0.2, 0) is 0 Å². The second kappa shape index (κ2) is 6.03. The summed E-state index contributed by atoms with van der Waals surface area (Å²) in [7, 11) is 4.05. The quantitative estimate of drug-likeness (QED) is 0.498. The monoisotopic (exact) mass is 342 g/mol. The molecule has 3 nitrogen and oxygen atoms in total. The summed E-state index contributed by atoms with van der Waals surface area (Å²) in [6, 6.07) is 18.6. The van der Waals surface area contributed by atoms with E-state index in [1.54, 1.807) is 6.07 Å². The van der Waals surface area contributed by atoms with Gasteiger partial charge in [-0.15, -0.1) is 0 Å². The molecule has 0 saturated carbocycles. The highest BCUT2D eigenvalue weighted by Crippen LogP contribution is 2.41. The molecule has 1 aliphatic carbocycles. The summed E-state index contributed by atoms with van der Waals surface area (Å²) < 4.78 is 6.19. The van der Waals surface area contributed by atoms with Gasteiger partial charge in [0.25, 0.3) is 0 Å². The first-order chi connectivity index (χ1) is 12.4. The van der Waals surface area contributed by atoms with Crippen molar-refractivity contribution in [3.63, 3.8) is 0 Å². The molecule has 1 aliphatic heterocycles. The Morgan fingerprint density at radius 2 is 1.58 bits per heavy atom. The van der Waals surface area contributed by atoms with E-state index in [-0.39, 0.29) is 0 Å². The fraction of sp³-hybridized carbons (Fsp3) is 0.174. The van der Waals surface area contributed by atoms with Crippen LogP contribution in [0.4, 0.5) is 5.69 Å². The number of nitrogens with one attached hydrogen (secondary N) is 1. The molecule has 3 heteroatoms. The van der Waals surface area contributed by atoms with Gasteiger partial charge in [0.1, 0.15) is 11.3 Å². The van der Waals surface area contributed by atoms with Crippen molar-refractivity contribution in [3.8, 4) is 22.5 Å². The highest BCUT2D eigenvalue weighted by Gasteiger charge is 2.17. The predicted octanol–water partition coefficient (Wildman–Crippen LogP) is 5.37. The average molecular weight is 342 g/mol. The van der Waals surface area contributed by atoms with Crippen molar-refractivity contribution in [1.82, 2.24) is 0 Å². The largest absolute Gasteiger partial charge is 0.456 e. The Morgan fingerprint density at radius 3 is 2.27 bits per heavy atom. The smallest absolute Gasteiger partial charge is 0.137 e. The van der Waals surface area contributed by atoms with Gasteiger partial charge >= 0.3 is 0 Å². The fourth-order valence-corrected chi connectivity index (χ4v) is 3.59. The third kappa shape index (κ3) is 2.76. The first kappa shape index (κ1) is 16.4. The Balaban J connectivity index is 2.15. The summed E-state index contributed by atoms with van der Waals surface area (Å²) in [4.78, 5) is 2.07. The standard InChI is InChI=1S/C23H22N2O/c1-14-9-15(2)11-16(10-14)23-19-7-5-17(24)12-21(19)26-22-13-18(25(3)4)6-8-20(22)23/h5-13,24H,1-4H3. The van der Waals surface area contributed by atoms with Crippen LogP contribution in [0.25, 0.3) is 33.4 Å². The number of fused-ring (bicyclic) bond motifs is 2. The lowest BCUT2D eigenvalue weighted by molar-refractivity contribution is 0.619. The zero-order chi connectivity index (χ0) is 18.4. The van der Waals surface area contributed by atoms with Crippen LogP contribution < -0.4 is 10.3 Å². The number of nitrogens with zero attached hydrogens (tertiary/aromatic N) is 1. The topological polar surface area (TPSA) is 40.2 Å². The summed E-state index contributed by atoms with van der Waals surface area (Å²) >= 11 is 0. The molecule has 4 rings (SSSR count). The number of hydrogen-bond acceptors (Lipinski definition) is 3. The molecule has 0 atom stereocenters. The average Bonchev–Trinajstić information content (AvgIpc) is 2.58. The minimum Gasteiger partial charge on any atom is -0.456 e. The third-order valence-corrected chi connectivity index (χ3v) is 4.73. The van der Waals surface area contributed by atoms with Crippen molar-refractivity contribution in [2.75, 3.05) is 19.0 Å². The predicted molar refractivity (Wildman–Crippen MR) is 108 cm³/mol. The van der Waals surface area contributed by atoms with Gasteiger partial charge in [0.05, 0.1) is 5.36 Å². The van der Waals surface area contributed by atoms with Gasteiger partial charge in [-0.05, 0) is 43.7 Å². The van der Waals surface area contributed by atoms with Gasteiger partial charge in [0, 0.05) is 48.4 Å². The van der Waals surface area contributed by atoms with Crippen LogP contribution >= 0.6 is 0 Å². The molecule has 130 valence electrons. The summed E-state index contributed by atoms with van der Waals surface area (Å²) in [6.07, 6.45) is 0. The molecule has 2 aliphatic rings. The zero-order valence-electron chi connectivity index (χ0n) is 15.6. The Bertz CT molecular complexity index is 1130. The van der Waals surface area contributed by atoms with Crippen LogP contribution in [-0.4, -0.2) is 14.1 Å². The minimum atomic E-state index is 0.454. The fourth-order valence-electron chi connectivity index (χ4n) is 3.59. The van der Waals surface area contributed by atoms with Crippen LogP contribution in [0.15, 0.2) is 59.0 Å². The van der Waals surface area contributed by atoms with E-state index < -0.39 is 0 Å². The van der Waals surface area contributed by atoms with E-state index in [9.17, 15) is 0 Å². The lowest BCUT2D eigenvalue weighted by Gasteiger charge is -2.18. The molecule has 1 heterocycles. The van der Waals surface area contributed by atoms with Crippen molar-refractivity contribution in [3.05, 3.63) is 71.1 Å². The first-order valence-electron chi connectivity index (χ1n) is 8.73. The lowest BCUT2D eigenvalue weighted by atomic mass is 9.92. The molecule has 26 heavy (non-hydrogen) atoms. The second-order valence-corrected chi connectivity index (χ2v) is 7.14. The number of aryl methyl sites for hydroxylation is 2.